The fourth-order valence-electron chi connectivity index (χ4n) is 7.63. The average Bonchev–Trinajstić information content (AvgIpc) is 2.92. The number of alkyl halides is 1. The third kappa shape index (κ3) is 3.02. The van der Waals surface area contributed by atoms with Crippen molar-refractivity contribution >= 4 is 33.7 Å². The van der Waals surface area contributed by atoms with E-state index in [1.165, 1.54) is 13.8 Å². The van der Waals surface area contributed by atoms with Crippen molar-refractivity contribution in [3.05, 3.63) is 0 Å². The number of carbonyl (C=O) groups excluding carboxylic acids is 3. The van der Waals surface area contributed by atoms with Gasteiger partial charge in [-0.25, -0.2) is 0 Å². The fraction of sp³-hybridized carbons (Fsp3) is 0.870. The minimum atomic E-state index is -0.528. The average molecular weight is 469 g/mol. The van der Waals surface area contributed by atoms with Gasteiger partial charge in [0.1, 0.15) is 12.2 Å². The molecular formula is C23H33BrO5. The van der Waals surface area contributed by atoms with Crippen molar-refractivity contribution in [2.75, 3.05) is 0 Å². The molecule has 0 radical (unpaired) electrons. The zero-order valence-electron chi connectivity index (χ0n) is 18.0. The minimum absolute atomic E-state index is 0.0259. The summed E-state index contributed by atoms with van der Waals surface area (Å²) >= 11 is 4.07. The summed E-state index contributed by atoms with van der Waals surface area (Å²) in [7, 11) is 0. The van der Waals surface area contributed by atoms with Crippen LogP contribution in [0.4, 0.5) is 0 Å². The van der Waals surface area contributed by atoms with Crippen LogP contribution < -0.4 is 0 Å². The van der Waals surface area contributed by atoms with Gasteiger partial charge in [-0.3, -0.25) is 14.4 Å². The number of hydrogen-bond donors (Lipinski definition) is 0. The van der Waals surface area contributed by atoms with Gasteiger partial charge in [0.05, 0.1) is 4.32 Å². The molecule has 0 aromatic carbocycles. The molecule has 4 aliphatic carbocycles. The number of fused-ring (bicyclic) bond motifs is 5. The van der Waals surface area contributed by atoms with E-state index in [4.69, 9.17) is 9.47 Å². The van der Waals surface area contributed by atoms with E-state index in [0.29, 0.717) is 18.3 Å². The molecule has 6 heteroatoms. The Balaban J connectivity index is 1.63. The van der Waals surface area contributed by atoms with Crippen molar-refractivity contribution in [1.82, 2.24) is 0 Å². The summed E-state index contributed by atoms with van der Waals surface area (Å²) in [6.07, 6.45) is 6.75. The topological polar surface area (TPSA) is 69.7 Å². The first-order valence-electron chi connectivity index (χ1n) is 11.1. The maximum Gasteiger partial charge on any atom is 0.302 e. The second kappa shape index (κ2) is 7.06. The van der Waals surface area contributed by atoms with E-state index in [2.05, 4.69) is 29.8 Å². The highest BCUT2D eigenvalue weighted by molar-refractivity contribution is 9.10. The van der Waals surface area contributed by atoms with Gasteiger partial charge in [-0.1, -0.05) is 29.8 Å². The number of halogens is 1. The third-order valence-corrected chi connectivity index (χ3v) is 10.9. The van der Waals surface area contributed by atoms with Crippen LogP contribution in [-0.2, 0) is 23.9 Å². The molecule has 8 atom stereocenters. The Morgan fingerprint density at radius 2 is 1.62 bits per heavy atom. The Morgan fingerprint density at radius 3 is 2.28 bits per heavy atom. The molecule has 0 spiro atoms. The first-order chi connectivity index (χ1) is 13.5. The molecule has 0 aliphatic heterocycles. The van der Waals surface area contributed by atoms with E-state index in [1.807, 2.05) is 0 Å². The molecule has 0 saturated heterocycles. The minimum Gasteiger partial charge on any atom is -0.463 e. The van der Waals surface area contributed by atoms with Crippen LogP contribution in [0.1, 0.15) is 79.1 Å². The molecule has 0 unspecified atom stereocenters. The maximum absolute atomic E-state index is 13.8. The lowest BCUT2D eigenvalue weighted by Crippen LogP contribution is -2.67. The molecule has 29 heavy (non-hydrogen) atoms. The number of Topliss-reactive ketones (excluding diaryl/α,β-unsaturated/α-hetero) is 1. The summed E-state index contributed by atoms with van der Waals surface area (Å²) in [5.74, 6) is 0.828. The van der Waals surface area contributed by atoms with Crippen molar-refractivity contribution in [2.45, 2.75) is 95.6 Å². The van der Waals surface area contributed by atoms with Gasteiger partial charge in [-0.15, -0.1) is 0 Å². The molecule has 0 N–H and O–H groups in total. The molecule has 0 aromatic rings. The van der Waals surface area contributed by atoms with Gasteiger partial charge in [0, 0.05) is 25.7 Å². The maximum atomic E-state index is 13.8. The quantitative estimate of drug-likeness (QED) is 0.437. The number of carbonyl (C=O) groups is 3. The van der Waals surface area contributed by atoms with Gasteiger partial charge in [-0.05, 0) is 68.1 Å². The van der Waals surface area contributed by atoms with Gasteiger partial charge >= 0.3 is 11.9 Å². The Labute approximate surface area is 181 Å². The smallest absolute Gasteiger partial charge is 0.302 e. The first kappa shape index (κ1) is 21.3. The number of ketones is 1. The Bertz CT molecular complexity index is 737. The largest absolute Gasteiger partial charge is 0.463 e. The van der Waals surface area contributed by atoms with Crippen LogP contribution in [0.5, 0.6) is 0 Å². The van der Waals surface area contributed by atoms with Crippen LogP contribution in [0.25, 0.3) is 0 Å². The molecule has 4 saturated carbocycles. The van der Waals surface area contributed by atoms with E-state index in [1.54, 1.807) is 0 Å². The molecule has 0 aromatic heterocycles. The predicted molar refractivity (Wildman–Crippen MR) is 111 cm³/mol. The van der Waals surface area contributed by atoms with Gasteiger partial charge < -0.3 is 9.47 Å². The van der Waals surface area contributed by atoms with E-state index < -0.39 is 4.32 Å². The lowest BCUT2D eigenvalue weighted by Gasteiger charge is -2.64. The van der Waals surface area contributed by atoms with Gasteiger partial charge in [0.25, 0.3) is 0 Å². The summed E-state index contributed by atoms with van der Waals surface area (Å²) in [4.78, 5) is 36.9. The predicted octanol–water partition coefficient (Wildman–Crippen LogP) is 4.59. The second-order valence-electron chi connectivity index (χ2n) is 10.4. The van der Waals surface area contributed by atoms with Crippen molar-refractivity contribution < 1.29 is 23.9 Å². The normalized spacial score (nSPS) is 48.9. The highest BCUT2D eigenvalue weighted by atomic mass is 79.9. The van der Waals surface area contributed by atoms with Crippen LogP contribution in [0, 0.1) is 28.6 Å². The SMILES string of the molecule is CC(=O)O[C@@H]1CC[C@]2(C)[C@@H](CC[C@@H]3[C@@H]4CC[C@H](OC(C)=O)[C@@]4(C)CC(=O)[C@@]32Br)C1. The zero-order valence-corrected chi connectivity index (χ0v) is 19.5. The standard InChI is InChI=1S/C23H33BrO5/c1-13(25)28-16-9-10-22(4)15(11-16)5-6-18-17-7-8-20(29-14(2)26)21(17,3)12-19(27)23(18,22)24/h15-18,20H,5-12H2,1-4H3/t15-,16+,17-,18+,20-,21-,22+,23-/m0/s1. The van der Waals surface area contributed by atoms with Crippen LogP contribution in [0.2, 0.25) is 0 Å². The molecule has 0 bridgehead atoms. The molecular weight excluding hydrogens is 436 g/mol. The molecule has 4 rings (SSSR count). The zero-order chi connectivity index (χ0) is 21.2. The summed E-state index contributed by atoms with van der Waals surface area (Å²) < 4.78 is 10.7. The highest BCUT2D eigenvalue weighted by Crippen LogP contribution is 2.70. The van der Waals surface area contributed by atoms with Crippen molar-refractivity contribution in [3.63, 3.8) is 0 Å². The van der Waals surface area contributed by atoms with Crippen LogP contribution in [0.3, 0.4) is 0 Å². The van der Waals surface area contributed by atoms with E-state index in [9.17, 15) is 14.4 Å². The number of hydrogen-bond acceptors (Lipinski definition) is 5. The first-order valence-corrected chi connectivity index (χ1v) is 11.9. The summed E-state index contributed by atoms with van der Waals surface area (Å²) in [5, 5.41) is 0. The second-order valence-corrected chi connectivity index (χ2v) is 11.7. The molecule has 162 valence electrons. The Hall–Kier alpha value is -0.910. The molecule has 5 nitrogen and oxygen atoms in total. The van der Waals surface area contributed by atoms with Crippen molar-refractivity contribution in [1.29, 1.82) is 0 Å². The summed E-state index contributed by atoms with van der Waals surface area (Å²) in [6, 6.07) is 0. The van der Waals surface area contributed by atoms with Crippen LogP contribution in [-0.4, -0.2) is 34.3 Å². The fourth-order valence-corrected chi connectivity index (χ4v) is 8.84. The van der Waals surface area contributed by atoms with Gasteiger partial charge in [-0.2, -0.15) is 0 Å². The van der Waals surface area contributed by atoms with Gasteiger partial charge in [0.2, 0.25) is 0 Å². The number of esters is 2. The lowest BCUT2D eigenvalue weighted by atomic mass is 9.44. The van der Waals surface area contributed by atoms with Crippen molar-refractivity contribution in [2.24, 2.45) is 28.6 Å². The van der Waals surface area contributed by atoms with E-state index in [-0.39, 0.29) is 46.7 Å². The molecule has 0 heterocycles. The molecule has 0 amide bonds. The summed E-state index contributed by atoms with van der Waals surface area (Å²) in [5.41, 5.74) is -0.396. The number of ether oxygens (including phenoxy) is 2. The highest BCUT2D eigenvalue weighted by Gasteiger charge is 2.70. The monoisotopic (exact) mass is 468 g/mol. The van der Waals surface area contributed by atoms with Crippen molar-refractivity contribution in [3.8, 4) is 0 Å². The number of rotatable bonds is 2. The molecule has 4 aliphatic rings. The van der Waals surface area contributed by atoms with E-state index >= 15 is 0 Å². The lowest BCUT2D eigenvalue weighted by molar-refractivity contribution is -0.169. The molecule has 4 fully saturated rings. The Morgan fingerprint density at radius 1 is 0.966 bits per heavy atom. The summed E-state index contributed by atoms with van der Waals surface area (Å²) in [6.45, 7) is 7.38. The van der Waals surface area contributed by atoms with Crippen LogP contribution in [0.15, 0.2) is 0 Å². The van der Waals surface area contributed by atoms with Gasteiger partial charge in [0.15, 0.2) is 5.78 Å². The Kier molecular flexibility index (Phi) is 5.20. The third-order valence-electron chi connectivity index (χ3n) is 9.00. The van der Waals surface area contributed by atoms with E-state index in [0.717, 1.165) is 44.9 Å². The van der Waals surface area contributed by atoms with Crippen LogP contribution >= 0.6 is 15.9 Å².